The molecule has 1 aromatic heterocycles. The van der Waals surface area contributed by atoms with Crippen LogP contribution in [0, 0.1) is 17.5 Å². The third-order valence-electron chi connectivity index (χ3n) is 4.88. The van der Waals surface area contributed by atoms with Crippen molar-refractivity contribution in [3.05, 3.63) is 65.2 Å². The monoisotopic (exact) mass is 414 g/mol. The largest absolute Gasteiger partial charge is 0.369 e. The third kappa shape index (κ3) is 5.57. The third-order valence-corrected chi connectivity index (χ3v) is 4.88. The molecule has 30 heavy (non-hydrogen) atoms. The molecule has 0 atom stereocenters. The second-order valence-electron chi connectivity index (χ2n) is 6.91. The van der Waals surface area contributed by atoms with Crippen molar-refractivity contribution < 1.29 is 13.2 Å². The Balaban J connectivity index is 1.82. The second-order valence-corrected chi connectivity index (χ2v) is 6.91. The number of halogens is 3. The standard InChI is InChI=1S/C23H25F3N4/c1-3-30(4-2)13-5-12-27-23-18-15-17(24)8-10-21(18)28-22(29-23)11-7-16-6-9-19(25)20(26)14-16/h6-11,14-15H,3-5,12-13H2,1-2H3,(H,27,28,29). The molecule has 2 aromatic carbocycles. The van der Waals surface area contributed by atoms with Crippen molar-refractivity contribution in [1.29, 1.82) is 0 Å². The lowest BCUT2D eigenvalue weighted by atomic mass is 10.2. The molecule has 158 valence electrons. The van der Waals surface area contributed by atoms with Crippen LogP contribution in [0.1, 0.15) is 31.7 Å². The molecule has 0 fully saturated rings. The van der Waals surface area contributed by atoms with E-state index in [0.717, 1.165) is 38.2 Å². The van der Waals surface area contributed by atoms with Crippen LogP contribution < -0.4 is 5.32 Å². The van der Waals surface area contributed by atoms with Gasteiger partial charge >= 0.3 is 0 Å². The van der Waals surface area contributed by atoms with E-state index in [0.29, 0.717) is 34.7 Å². The molecule has 3 rings (SSSR count). The highest BCUT2D eigenvalue weighted by Gasteiger charge is 2.08. The Labute approximate surface area is 174 Å². The molecule has 0 saturated carbocycles. The molecule has 0 radical (unpaired) electrons. The fourth-order valence-electron chi connectivity index (χ4n) is 3.16. The van der Waals surface area contributed by atoms with Crippen molar-refractivity contribution in [3.8, 4) is 0 Å². The van der Waals surface area contributed by atoms with Crippen molar-refractivity contribution in [2.24, 2.45) is 0 Å². The molecule has 7 heteroatoms. The van der Waals surface area contributed by atoms with Gasteiger partial charge in [-0.05, 0) is 68.0 Å². The maximum Gasteiger partial charge on any atom is 0.159 e. The van der Waals surface area contributed by atoms with E-state index in [1.54, 1.807) is 18.2 Å². The predicted molar refractivity (Wildman–Crippen MR) is 116 cm³/mol. The van der Waals surface area contributed by atoms with Gasteiger partial charge < -0.3 is 10.2 Å². The first-order valence-electron chi connectivity index (χ1n) is 10.1. The summed E-state index contributed by atoms with van der Waals surface area (Å²) in [5.74, 6) is -1.23. The Hall–Kier alpha value is -2.93. The highest BCUT2D eigenvalue weighted by Crippen LogP contribution is 2.22. The molecule has 0 bridgehead atoms. The first-order chi connectivity index (χ1) is 14.5. The summed E-state index contributed by atoms with van der Waals surface area (Å²) < 4.78 is 40.3. The summed E-state index contributed by atoms with van der Waals surface area (Å²) in [6.45, 7) is 7.90. The van der Waals surface area contributed by atoms with Crippen molar-refractivity contribution >= 4 is 28.9 Å². The first-order valence-corrected chi connectivity index (χ1v) is 10.1. The molecule has 0 aliphatic heterocycles. The Bertz CT molecular complexity index is 1030. The first kappa shape index (κ1) is 21.8. The summed E-state index contributed by atoms with van der Waals surface area (Å²) in [5, 5.41) is 3.89. The Morgan fingerprint density at radius 2 is 1.73 bits per heavy atom. The number of aromatic nitrogens is 2. The summed E-state index contributed by atoms with van der Waals surface area (Å²) >= 11 is 0. The van der Waals surface area contributed by atoms with Gasteiger partial charge in [-0.2, -0.15) is 0 Å². The molecular formula is C23H25F3N4. The zero-order chi connectivity index (χ0) is 21.5. The van der Waals surface area contributed by atoms with Crippen molar-refractivity contribution in [2.45, 2.75) is 20.3 Å². The Morgan fingerprint density at radius 3 is 2.47 bits per heavy atom. The summed E-state index contributed by atoms with van der Waals surface area (Å²) in [6.07, 6.45) is 4.15. The quantitative estimate of drug-likeness (QED) is 0.479. The molecule has 0 spiro atoms. The SMILES string of the molecule is CCN(CC)CCCNc1nc(C=Cc2ccc(F)c(F)c2)nc2ccc(F)cc12. The average molecular weight is 414 g/mol. The van der Waals surface area contributed by atoms with E-state index >= 15 is 0 Å². The van der Waals surface area contributed by atoms with Gasteiger partial charge in [0.15, 0.2) is 17.5 Å². The highest BCUT2D eigenvalue weighted by molar-refractivity contribution is 5.90. The second kappa shape index (κ2) is 10.2. The van der Waals surface area contributed by atoms with Crippen LogP contribution in [0.25, 0.3) is 23.1 Å². The van der Waals surface area contributed by atoms with E-state index in [1.807, 2.05) is 0 Å². The molecule has 0 amide bonds. The topological polar surface area (TPSA) is 41.0 Å². The average Bonchev–Trinajstić information content (AvgIpc) is 2.75. The highest BCUT2D eigenvalue weighted by atomic mass is 19.2. The number of rotatable bonds is 9. The van der Waals surface area contributed by atoms with Gasteiger partial charge in [-0.1, -0.05) is 26.0 Å². The van der Waals surface area contributed by atoms with Gasteiger partial charge in [0, 0.05) is 11.9 Å². The maximum absolute atomic E-state index is 13.8. The summed E-state index contributed by atoms with van der Waals surface area (Å²) in [7, 11) is 0. The molecule has 0 aliphatic carbocycles. The van der Waals surface area contributed by atoms with Crippen molar-refractivity contribution in [3.63, 3.8) is 0 Å². The van der Waals surface area contributed by atoms with Gasteiger partial charge in [0.1, 0.15) is 11.6 Å². The molecule has 4 nitrogen and oxygen atoms in total. The number of hydrogen-bond donors (Lipinski definition) is 1. The fourth-order valence-corrected chi connectivity index (χ4v) is 3.16. The smallest absolute Gasteiger partial charge is 0.159 e. The molecule has 1 heterocycles. The van der Waals surface area contributed by atoms with Gasteiger partial charge in [0.25, 0.3) is 0 Å². The number of anilines is 1. The lowest BCUT2D eigenvalue weighted by molar-refractivity contribution is 0.303. The van der Waals surface area contributed by atoms with Gasteiger partial charge in [-0.25, -0.2) is 23.1 Å². The lowest BCUT2D eigenvalue weighted by Crippen LogP contribution is -2.25. The summed E-state index contributed by atoms with van der Waals surface area (Å²) in [6, 6.07) is 8.00. The molecular weight excluding hydrogens is 389 g/mol. The summed E-state index contributed by atoms with van der Waals surface area (Å²) in [5.41, 5.74) is 1.09. The fraction of sp³-hybridized carbons (Fsp3) is 0.304. The normalized spacial score (nSPS) is 11.7. The van der Waals surface area contributed by atoms with Crippen LogP contribution in [0.15, 0.2) is 36.4 Å². The lowest BCUT2D eigenvalue weighted by Gasteiger charge is -2.18. The maximum atomic E-state index is 13.8. The van der Waals surface area contributed by atoms with Gasteiger partial charge in [-0.3, -0.25) is 0 Å². The zero-order valence-electron chi connectivity index (χ0n) is 17.1. The Kier molecular flexibility index (Phi) is 7.41. The van der Waals surface area contributed by atoms with E-state index < -0.39 is 11.6 Å². The van der Waals surface area contributed by atoms with Gasteiger partial charge in [-0.15, -0.1) is 0 Å². The van der Waals surface area contributed by atoms with Crippen molar-refractivity contribution in [1.82, 2.24) is 14.9 Å². The van der Waals surface area contributed by atoms with E-state index in [9.17, 15) is 13.2 Å². The molecule has 0 unspecified atom stereocenters. The minimum atomic E-state index is -0.914. The van der Waals surface area contributed by atoms with Crippen molar-refractivity contribution in [2.75, 3.05) is 31.5 Å². The molecule has 3 aromatic rings. The van der Waals surface area contributed by atoms with Crippen LogP contribution >= 0.6 is 0 Å². The predicted octanol–water partition coefficient (Wildman–Crippen LogP) is 5.36. The van der Waals surface area contributed by atoms with E-state index in [2.05, 4.69) is 34.0 Å². The van der Waals surface area contributed by atoms with Crippen LogP contribution in [0.2, 0.25) is 0 Å². The number of nitrogens with one attached hydrogen (secondary N) is 1. The van der Waals surface area contributed by atoms with Crippen LogP contribution in [0.5, 0.6) is 0 Å². The van der Waals surface area contributed by atoms with E-state index in [1.165, 1.54) is 18.2 Å². The molecule has 0 aliphatic rings. The van der Waals surface area contributed by atoms with Crippen LogP contribution in [0.4, 0.5) is 19.0 Å². The molecule has 1 N–H and O–H groups in total. The van der Waals surface area contributed by atoms with Crippen LogP contribution in [-0.2, 0) is 0 Å². The van der Waals surface area contributed by atoms with Crippen LogP contribution in [0.3, 0.4) is 0 Å². The van der Waals surface area contributed by atoms with E-state index in [4.69, 9.17) is 0 Å². The number of nitrogens with zero attached hydrogens (tertiary/aromatic N) is 3. The number of hydrogen-bond acceptors (Lipinski definition) is 4. The minimum absolute atomic E-state index is 0.359. The number of fused-ring (bicyclic) bond motifs is 1. The Morgan fingerprint density at radius 1 is 0.933 bits per heavy atom. The van der Waals surface area contributed by atoms with Gasteiger partial charge in [0.05, 0.1) is 5.52 Å². The zero-order valence-corrected chi connectivity index (χ0v) is 17.1. The van der Waals surface area contributed by atoms with Crippen LogP contribution in [-0.4, -0.2) is 41.0 Å². The number of benzene rings is 2. The van der Waals surface area contributed by atoms with Gasteiger partial charge in [0.2, 0.25) is 0 Å². The van der Waals surface area contributed by atoms with E-state index in [-0.39, 0.29) is 5.82 Å². The summed E-state index contributed by atoms with van der Waals surface area (Å²) in [4.78, 5) is 11.3. The molecule has 0 saturated heterocycles. The minimum Gasteiger partial charge on any atom is -0.369 e.